The van der Waals surface area contributed by atoms with Crippen LogP contribution in [0.5, 0.6) is 0 Å². The van der Waals surface area contributed by atoms with Crippen LogP contribution in [0.4, 0.5) is 13.2 Å². The Hall–Kier alpha value is -2.39. The molecule has 0 aromatic heterocycles. The molecule has 0 unspecified atom stereocenters. The fourth-order valence-electron chi connectivity index (χ4n) is 4.65. The molecule has 1 saturated carbocycles. The molecule has 0 spiro atoms. The second kappa shape index (κ2) is 8.19. The molecule has 2 aliphatic rings. The van der Waals surface area contributed by atoms with E-state index >= 15 is 4.39 Å². The highest BCUT2D eigenvalue weighted by molar-refractivity contribution is 7.88. The first-order valence-corrected chi connectivity index (χ1v) is 12.5. The molecule has 4 atom stereocenters. The van der Waals surface area contributed by atoms with E-state index in [2.05, 4.69) is 4.72 Å². The van der Waals surface area contributed by atoms with Crippen molar-refractivity contribution in [2.75, 3.05) is 12.8 Å². The third-order valence-electron chi connectivity index (χ3n) is 6.42. The molecule has 0 bridgehead atoms. The van der Waals surface area contributed by atoms with Gasteiger partial charge in [-0.25, -0.2) is 26.3 Å². The maximum Gasteiger partial charge on any atom is 0.229 e. The highest BCUT2D eigenvalue weighted by Crippen LogP contribution is 2.59. The Balaban J connectivity index is 1.59. The smallest absolute Gasteiger partial charge is 0.229 e. The molecule has 4 rings (SSSR count). The highest BCUT2D eigenvalue weighted by Gasteiger charge is 2.63. The number of halogens is 3. The molecular formula is C23H25F3N2O3S. The maximum absolute atomic E-state index is 16.0. The third-order valence-corrected chi connectivity index (χ3v) is 7.15. The van der Waals surface area contributed by atoms with Gasteiger partial charge in [0.05, 0.1) is 17.7 Å². The molecular weight excluding hydrogens is 441 g/mol. The van der Waals surface area contributed by atoms with Gasteiger partial charge >= 0.3 is 0 Å². The van der Waals surface area contributed by atoms with E-state index in [4.69, 9.17) is 0 Å². The summed E-state index contributed by atoms with van der Waals surface area (Å²) in [6.45, 7) is 2.24. The first-order chi connectivity index (χ1) is 15.1. The summed E-state index contributed by atoms with van der Waals surface area (Å²) >= 11 is 0. The van der Waals surface area contributed by atoms with Crippen molar-refractivity contribution in [2.24, 2.45) is 5.92 Å². The highest BCUT2D eigenvalue weighted by atomic mass is 32.2. The van der Waals surface area contributed by atoms with Gasteiger partial charge in [-0.2, -0.15) is 0 Å². The number of nitrogens with zero attached hydrogens (tertiary/aromatic N) is 1. The SMILES string of the molecule is CC[C@H](NS(C)(=O)=O)[C@@H]1CCN1C(=O)[C@@H]1C[C@@]1(F)c1ccccc1-c1c(F)cccc1F. The van der Waals surface area contributed by atoms with Crippen LogP contribution in [-0.4, -0.2) is 44.1 Å². The topological polar surface area (TPSA) is 66.5 Å². The zero-order chi connectivity index (χ0) is 23.3. The van der Waals surface area contributed by atoms with Gasteiger partial charge in [-0.1, -0.05) is 37.3 Å². The minimum Gasteiger partial charge on any atom is -0.338 e. The summed E-state index contributed by atoms with van der Waals surface area (Å²) in [7, 11) is -3.45. The molecule has 1 N–H and O–H groups in total. The van der Waals surface area contributed by atoms with Gasteiger partial charge in [-0.15, -0.1) is 0 Å². The number of amides is 1. The van der Waals surface area contributed by atoms with Crippen molar-refractivity contribution in [3.63, 3.8) is 0 Å². The van der Waals surface area contributed by atoms with Crippen molar-refractivity contribution < 1.29 is 26.4 Å². The van der Waals surface area contributed by atoms with Crippen LogP contribution in [0.1, 0.15) is 31.7 Å². The maximum atomic E-state index is 16.0. The van der Waals surface area contributed by atoms with Crippen molar-refractivity contribution in [3.05, 3.63) is 59.7 Å². The normalized spacial score (nSPS) is 25.8. The lowest BCUT2D eigenvalue weighted by Crippen LogP contribution is -2.61. The Morgan fingerprint density at radius 2 is 1.84 bits per heavy atom. The van der Waals surface area contributed by atoms with Gasteiger partial charge in [-0.05, 0) is 36.1 Å². The molecule has 1 amide bonds. The predicted molar refractivity (Wildman–Crippen MR) is 115 cm³/mol. The van der Waals surface area contributed by atoms with Crippen LogP contribution in [0.2, 0.25) is 0 Å². The van der Waals surface area contributed by atoms with Crippen LogP contribution in [0.15, 0.2) is 42.5 Å². The number of sulfonamides is 1. The summed E-state index contributed by atoms with van der Waals surface area (Å²) in [6, 6.07) is 8.73. The Kier molecular flexibility index (Phi) is 5.83. The van der Waals surface area contributed by atoms with E-state index in [-0.39, 0.29) is 29.2 Å². The first kappa shape index (κ1) is 22.8. The monoisotopic (exact) mass is 466 g/mol. The van der Waals surface area contributed by atoms with Crippen LogP contribution in [-0.2, 0) is 20.5 Å². The standard InChI is InChI=1S/C23H25F3N2O3S/c1-3-19(27-32(2,30)31)20-11-12-28(20)22(29)16-13-23(16,26)15-8-5-4-7-14(15)21-17(24)9-6-10-18(21)25/h4-10,16,19-20,27H,3,11-13H2,1-2H3/t16-,19-,20-,23+/m0/s1. The second-order valence-electron chi connectivity index (χ2n) is 8.55. The molecule has 32 heavy (non-hydrogen) atoms. The Morgan fingerprint density at radius 3 is 2.41 bits per heavy atom. The van der Waals surface area contributed by atoms with Gasteiger partial charge in [0, 0.05) is 25.0 Å². The lowest BCUT2D eigenvalue weighted by molar-refractivity contribution is -0.142. The van der Waals surface area contributed by atoms with E-state index in [1.807, 2.05) is 6.92 Å². The van der Waals surface area contributed by atoms with Crippen LogP contribution >= 0.6 is 0 Å². The minimum atomic E-state index is -3.45. The number of alkyl halides is 1. The number of likely N-dealkylation sites (tertiary alicyclic amines) is 1. The van der Waals surface area contributed by atoms with E-state index in [0.29, 0.717) is 19.4 Å². The average Bonchev–Trinajstić information content (AvgIpc) is 3.38. The van der Waals surface area contributed by atoms with Crippen LogP contribution in [0, 0.1) is 17.6 Å². The Morgan fingerprint density at radius 1 is 1.19 bits per heavy atom. The number of nitrogens with one attached hydrogen (secondary N) is 1. The average molecular weight is 467 g/mol. The Labute approximate surface area is 185 Å². The summed E-state index contributed by atoms with van der Waals surface area (Å²) in [6.07, 6.45) is 2.09. The minimum absolute atomic E-state index is 0.0840. The first-order valence-electron chi connectivity index (χ1n) is 10.6. The largest absolute Gasteiger partial charge is 0.338 e. The van der Waals surface area contributed by atoms with Crippen LogP contribution in [0.3, 0.4) is 0 Å². The molecule has 2 aromatic carbocycles. The summed E-state index contributed by atoms with van der Waals surface area (Å²) in [5.41, 5.74) is -2.18. The zero-order valence-corrected chi connectivity index (χ0v) is 18.6. The fourth-order valence-corrected chi connectivity index (χ4v) is 5.52. The number of rotatable bonds is 7. The number of carbonyl (C=O) groups is 1. The fraction of sp³-hybridized carbons (Fsp3) is 0.435. The molecule has 0 radical (unpaired) electrons. The summed E-state index contributed by atoms with van der Waals surface area (Å²) in [5.74, 6) is -2.98. The zero-order valence-electron chi connectivity index (χ0n) is 17.8. The quantitative estimate of drug-likeness (QED) is 0.676. The van der Waals surface area contributed by atoms with Gasteiger partial charge in [0.1, 0.15) is 17.3 Å². The van der Waals surface area contributed by atoms with E-state index in [1.54, 1.807) is 12.1 Å². The second-order valence-corrected chi connectivity index (χ2v) is 10.3. The molecule has 5 nitrogen and oxygen atoms in total. The van der Waals surface area contributed by atoms with Gasteiger partial charge in [0.2, 0.25) is 15.9 Å². The Bertz CT molecular complexity index is 1140. The molecule has 172 valence electrons. The van der Waals surface area contributed by atoms with Crippen LogP contribution < -0.4 is 4.72 Å². The van der Waals surface area contributed by atoms with Crippen molar-refractivity contribution in [3.8, 4) is 11.1 Å². The number of carbonyl (C=O) groups excluding carboxylic acids is 1. The molecule has 1 aliphatic carbocycles. The lowest BCUT2D eigenvalue weighted by Gasteiger charge is -2.45. The molecule has 1 aliphatic heterocycles. The number of hydrogen-bond donors (Lipinski definition) is 1. The van der Waals surface area contributed by atoms with Crippen molar-refractivity contribution in [2.45, 2.75) is 43.9 Å². The van der Waals surface area contributed by atoms with Gasteiger partial charge in [0.15, 0.2) is 0 Å². The van der Waals surface area contributed by atoms with Crippen molar-refractivity contribution >= 4 is 15.9 Å². The summed E-state index contributed by atoms with van der Waals surface area (Å²) in [5, 5.41) is 0. The van der Waals surface area contributed by atoms with E-state index in [0.717, 1.165) is 18.4 Å². The molecule has 2 aromatic rings. The van der Waals surface area contributed by atoms with E-state index in [9.17, 15) is 22.0 Å². The summed E-state index contributed by atoms with van der Waals surface area (Å²) in [4.78, 5) is 14.6. The van der Waals surface area contributed by atoms with Gasteiger partial charge in [-0.3, -0.25) is 4.79 Å². The van der Waals surface area contributed by atoms with Crippen molar-refractivity contribution in [1.29, 1.82) is 0 Å². The molecule has 1 saturated heterocycles. The van der Waals surface area contributed by atoms with E-state index in [1.165, 1.54) is 23.1 Å². The molecule has 1 heterocycles. The predicted octanol–water partition coefficient (Wildman–Crippen LogP) is 3.75. The molecule has 9 heteroatoms. The van der Waals surface area contributed by atoms with Gasteiger partial charge in [0.25, 0.3) is 0 Å². The third kappa shape index (κ3) is 4.03. The van der Waals surface area contributed by atoms with Crippen LogP contribution in [0.25, 0.3) is 11.1 Å². The lowest BCUT2D eigenvalue weighted by atomic mass is 9.91. The molecule has 2 fully saturated rings. The summed E-state index contributed by atoms with van der Waals surface area (Å²) < 4.78 is 70.6. The van der Waals surface area contributed by atoms with E-state index < -0.39 is 45.2 Å². The number of benzene rings is 2. The van der Waals surface area contributed by atoms with Crippen molar-refractivity contribution in [1.82, 2.24) is 9.62 Å². The number of hydrogen-bond acceptors (Lipinski definition) is 3. The van der Waals surface area contributed by atoms with Gasteiger partial charge < -0.3 is 4.90 Å².